The molecule has 2 aliphatic heterocycles. The zero-order valence-electron chi connectivity index (χ0n) is 13.3. The molecule has 2 aliphatic rings. The van der Waals surface area contributed by atoms with Gasteiger partial charge in [-0.05, 0) is 24.5 Å². The van der Waals surface area contributed by atoms with E-state index in [0.29, 0.717) is 24.8 Å². The van der Waals surface area contributed by atoms with Crippen molar-refractivity contribution < 1.29 is 18.3 Å². The number of alkyl halides is 2. The average molecular weight is 359 g/mol. The molecule has 1 amide bonds. The summed E-state index contributed by atoms with van der Waals surface area (Å²) < 4.78 is 32.0. The molecule has 7 heteroatoms. The highest BCUT2D eigenvalue weighted by Gasteiger charge is 2.43. The lowest BCUT2D eigenvalue weighted by Crippen LogP contribution is -2.49. The van der Waals surface area contributed by atoms with Gasteiger partial charge in [0.05, 0.1) is 12.6 Å². The van der Waals surface area contributed by atoms with Crippen LogP contribution >= 0.6 is 11.6 Å². The number of hydrogen-bond acceptors (Lipinski definition) is 3. The summed E-state index contributed by atoms with van der Waals surface area (Å²) in [5.74, 6) is -3.20. The van der Waals surface area contributed by atoms with Gasteiger partial charge in [0.1, 0.15) is 0 Å². The molecule has 2 heterocycles. The van der Waals surface area contributed by atoms with Crippen molar-refractivity contribution in [2.24, 2.45) is 0 Å². The molecule has 4 nitrogen and oxygen atoms in total. The normalized spacial score (nSPS) is 25.4. The molecule has 2 fully saturated rings. The van der Waals surface area contributed by atoms with E-state index < -0.39 is 24.9 Å². The van der Waals surface area contributed by atoms with Crippen LogP contribution in [0.2, 0.25) is 5.02 Å². The van der Waals surface area contributed by atoms with Crippen LogP contribution in [0.4, 0.5) is 8.78 Å². The van der Waals surface area contributed by atoms with E-state index in [2.05, 4.69) is 10.6 Å². The van der Waals surface area contributed by atoms with Gasteiger partial charge in [-0.15, -0.1) is 0 Å². The Labute approximate surface area is 144 Å². The highest BCUT2D eigenvalue weighted by Crippen LogP contribution is 2.38. The summed E-state index contributed by atoms with van der Waals surface area (Å²) in [6, 6.07) is 6.72. The van der Waals surface area contributed by atoms with Crippen LogP contribution in [0.3, 0.4) is 0 Å². The minimum Gasteiger partial charge on any atom is -0.381 e. The number of hydrogen-bond donors (Lipinski definition) is 2. The largest absolute Gasteiger partial charge is 0.381 e. The second kappa shape index (κ2) is 6.94. The number of benzene rings is 1. The van der Waals surface area contributed by atoms with Crippen LogP contribution in [0.25, 0.3) is 0 Å². The van der Waals surface area contributed by atoms with Gasteiger partial charge in [-0.1, -0.05) is 29.8 Å². The molecule has 1 unspecified atom stereocenters. The van der Waals surface area contributed by atoms with Gasteiger partial charge in [-0.2, -0.15) is 0 Å². The molecule has 0 saturated carbocycles. The predicted molar refractivity (Wildman–Crippen MR) is 87.5 cm³/mol. The second-order valence-electron chi connectivity index (χ2n) is 6.58. The first-order valence-corrected chi connectivity index (χ1v) is 8.51. The molecule has 24 heavy (non-hydrogen) atoms. The van der Waals surface area contributed by atoms with Gasteiger partial charge in [0.15, 0.2) is 0 Å². The first kappa shape index (κ1) is 17.6. The fourth-order valence-electron chi connectivity index (χ4n) is 3.48. The molecule has 0 aliphatic carbocycles. The molecule has 0 aromatic heterocycles. The number of carbonyl (C=O) groups is 1. The van der Waals surface area contributed by atoms with E-state index in [-0.39, 0.29) is 11.3 Å². The van der Waals surface area contributed by atoms with Gasteiger partial charge in [-0.3, -0.25) is 10.1 Å². The summed E-state index contributed by atoms with van der Waals surface area (Å²) in [7, 11) is 0. The number of halogens is 3. The third-order valence-electron chi connectivity index (χ3n) is 4.92. The molecule has 132 valence electrons. The summed E-state index contributed by atoms with van der Waals surface area (Å²) in [4.78, 5) is 12.3. The van der Waals surface area contributed by atoms with Crippen molar-refractivity contribution in [1.82, 2.24) is 10.6 Å². The van der Waals surface area contributed by atoms with Crippen molar-refractivity contribution in [3.05, 3.63) is 34.9 Å². The molecule has 3 rings (SSSR count). The molecule has 2 N–H and O–H groups in total. The maximum atomic E-state index is 13.3. The minimum atomic E-state index is -2.82. The third-order valence-corrected chi connectivity index (χ3v) is 5.25. The standard InChI is InChI=1S/C17H21ClF2N2O2/c18-13-4-2-1-3-12(13)16(5-7-24-8-6-16)10-22-15(23)14-9-17(19,20)11-21-14/h1-4,14,21H,5-11H2,(H,22,23). The molecule has 0 bridgehead atoms. The van der Waals surface area contributed by atoms with Gasteiger partial charge in [-0.25, -0.2) is 8.78 Å². The Bertz CT molecular complexity index is 606. The predicted octanol–water partition coefficient (Wildman–Crippen LogP) is 2.50. The lowest BCUT2D eigenvalue weighted by molar-refractivity contribution is -0.123. The summed E-state index contributed by atoms with van der Waals surface area (Å²) in [6.45, 7) is 1.08. The average Bonchev–Trinajstić information content (AvgIpc) is 2.94. The summed E-state index contributed by atoms with van der Waals surface area (Å²) in [5, 5.41) is 6.09. The van der Waals surface area contributed by atoms with Crippen LogP contribution in [0.5, 0.6) is 0 Å². The Morgan fingerprint density at radius 3 is 2.67 bits per heavy atom. The Kier molecular flexibility index (Phi) is 5.08. The van der Waals surface area contributed by atoms with E-state index in [1.54, 1.807) is 0 Å². The van der Waals surface area contributed by atoms with E-state index >= 15 is 0 Å². The van der Waals surface area contributed by atoms with Crippen molar-refractivity contribution in [2.75, 3.05) is 26.3 Å². The van der Waals surface area contributed by atoms with Gasteiger partial charge < -0.3 is 10.1 Å². The Morgan fingerprint density at radius 1 is 1.33 bits per heavy atom. The van der Waals surface area contributed by atoms with E-state index in [0.717, 1.165) is 18.4 Å². The second-order valence-corrected chi connectivity index (χ2v) is 6.99. The van der Waals surface area contributed by atoms with Crippen LogP contribution in [-0.2, 0) is 14.9 Å². The first-order chi connectivity index (χ1) is 11.4. The highest BCUT2D eigenvalue weighted by molar-refractivity contribution is 6.31. The molecule has 1 aromatic rings. The molecule has 1 aromatic carbocycles. The van der Waals surface area contributed by atoms with Crippen LogP contribution < -0.4 is 10.6 Å². The van der Waals surface area contributed by atoms with E-state index in [9.17, 15) is 13.6 Å². The molecular weight excluding hydrogens is 338 g/mol. The van der Waals surface area contributed by atoms with Gasteiger partial charge >= 0.3 is 0 Å². The maximum absolute atomic E-state index is 13.3. The van der Waals surface area contributed by atoms with Crippen molar-refractivity contribution >= 4 is 17.5 Å². The lowest BCUT2D eigenvalue weighted by atomic mass is 9.74. The SMILES string of the molecule is O=C(NCC1(c2ccccc2Cl)CCOCC1)C1CC(F)(F)CN1. The Balaban J connectivity index is 1.72. The van der Waals surface area contributed by atoms with Crippen molar-refractivity contribution in [3.8, 4) is 0 Å². The van der Waals surface area contributed by atoms with E-state index in [1.807, 2.05) is 24.3 Å². The Hall–Kier alpha value is -1.24. The van der Waals surface area contributed by atoms with E-state index in [4.69, 9.17) is 16.3 Å². The molecule has 2 saturated heterocycles. The monoisotopic (exact) mass is 358 g/mol. The molecular formula is C17H21ClF2N2O2. The summed E-state index contributed by atoms with van der Waals surface area (Å²) >= 11 is 6.36. The van der Waals surface area contributed by atoms with Crippen LogP contribution in [0.15, 0.2) is 24.3 Å². The fourth-order valence-corrected chi connectivity index (χ4v) is 3.81. The number of rotatable bonds is 4. The van der Waals surface area contributed by atoms with Crippen molar-refractivity contribution in [2.45, 2.75) is 36.6 Å². The smallest absolute Gasteiger partial charge is 0.262 e. The van der Waals surface area contributed by atoms with Gasteiger partial charge in [0.2, 0.25) is 5.91 Å². The maximum Gasteiger partial charge on any atom is 0.262 e. The van der Waals surface area contributed by atoms with Gasteiger partial charge in [0, 0.05) is 36.6 Å². The number of carbonyl (C=O) groups excluding carboxylic acids is 1. The summed E-state index contributed by atoms with van der Waals surface area (Å²) in [5.41, 5.74) is 0.646. The molecule has 0 radical (unpaired) electrons. The van der Waals surface area contributed by atoms with E-state index in [1.165, 1.54) is 0 Å². The zero-order chi connectivity index (χ0) is 17.2. The lowest BCUT2D eigenvalue weighted by Gasteiger charge is -2.38. The number of amides is 1. The zero-order valence-corrected chi connectivity index (χ0v) is 14.0. The topological polar surface area (TPSA) is 50.4 Å². The Morgan fingerprint density at radius 2 is 2.04 bits per heavy atom. The number of ether oxygens (including phenoxy) is 1. The highest BCUT2D eigenvalue weighted by atomic mass is 35.5. The minimum absolute atomic E-state index is 0.326. The van der Waals surface area contributed by atoms with Crippen molar-refractivity contribution in [1.29, 1.82) is 0 Å². The van der Waals surface area contributed by atoms with Crippen molar-refractivity contribution in [3.63, 3.8) is 0 Å². The van der Waals surface area contributed by atoms with Crippen LogP contribution in [0.1, 0.15) is 24.8 Å². The summed E-state index contributed by atoms with van der Waals surface area (Å²) in [6.07, 6.45) is 0.998. The fraction of sp³-hybridized carbons (Fsp3) is 0.588. The third kappa shape index (κ3) is 3.71. The first-order valence-electron chi connectivity index (χ1n) is 8.14. The van der Waals surface area contributed by atoms with Crippen LogP contribution in [0, 0.1) is 0 Å². The van der Waals surface area contributed by atoms with Gasteiger partial charge in [0.25, 0.3) is 5.92 Å². The number of nitrogens with one attached hydrogen (secondary N) is 2. The molecule has 1 atom stereocenters. The van der Waals surface area contributed by atoms with Crippen LogP contribution in [-0.4, -0.2) is 44.2 Å². The quantitative estimate of drug-likeness (QED) is 0.869. The molecule has 0 spiro atoms.